The van der Waals surface area contributed by atoms with Gasteiger partial charge in [-0.3, -0.25) is 9.59 Å². The van der Waals surface area contributed by atoms with Crippen molar-refractivity contribution in [2.24, 2.45) is 0 Å². The van der Waals surface area contributed by atoms with Crippen LogP contribution >= 0.6 is 15.9 Å². The predicted octanol–water partition coefficient (Wildman–Crippen LogP) is 3.97. The van der Waals surface area contributed by atoms with E-state index in [1.165, 1.54) is 31.3 Å². The summed E-state index contributed by atoms with van der Waals surface area (Å²) < 4.78 is 40.7. The number of nitrogens with zero attached hydrogens (tertiary/aromatic N) is 3. The third-order valence-electron chi connectivity index (χ3n) is 3.71. The molecular formula is C18H12BrF3N4O2. The second kappa shape index (κ2) is 7.55. The van der Waals surface area contributed by atoms with E-state index in [-0.39, 0.29) is 17.2 Å². The van der Waals surface area contributed by atoms with Crippen molar-refractivity contribution in [1.82, 2.24) is 14.8 Å². The van der Waals surface area contributed by atoms with Crippen LogP contribution in [0.2, 0.25) is 0 Å². The second-order valence-electron chi connectivity index (χ2n) is 5.77. The first kappa shape index (κ1) is 19.7. The number of pyridine rings is 1. The van der Waals surface area contributed by atoms with Crippen molar-refractivity contribution in [3.05, 3.63) is 80.3 Å². The fourth-order valence-corrected chi connectivity index (χ4v) is 2.64. The Morgan fingerprint density at radius 3 is 2.57 bits per heavy atom. The maximum Gasteiger partial charge on any atom is 0.416 e. The number of alkyl halides is 3. The molecule has 0 radical (unpaired) electrons. The number of rotatable bonds is 3. The van der Waals surface area contributed by atoms with Gasteiger partial charge in [-0.2, -0.15) is 18.3 Å². The van der Waals surface area contributed by atoms with Crippen LogP contribution in [0.3, 0.4) is 0 Å². The number of aryl methyl sites for hydroxylation is 1. The van der Waals surface area contributed by atoms with Gasteiger partial charge in [-0.25, -0.2) is 9.67 Å². The molecular weight excluding hydrogens is 441 g/mol. The smallest absolute Gasteiger partial charge is 0.305 e. The van der Waals surface area contributed by atoms with Crippen molar-refractivity contribution < 1.29 is 18.0 Å². The highest BCUT2D eigenvalue weighted by Crippen LogP contribution is 2.30. The Morgan fingerprint density at radius 1 is 1.18 bits per heavy atom. The van der Waals surface area contributed by atoms with E-state index in [1.807, 2.05) is 0 Å². The molecule has 28 heavy (non-hydrogen) atoms. The van der Waals surface area contributed by atoms with Gasteiger partial charge < -0.3 is 5.32 Å². The van der Waals surface area contributed by atoms with Crippen LogP contribution in [0, 0.1) is 6.92 Å². The molecule has 0 bridgehead atoms. The van der Waals surface area contributed by atoms with Crippen molar-refractivity contribution in [2.75, 3.05) is 5.32 Å². The zero-order valence-electron chi connectivity index (χ0n) is 14.3. The SMILES string of the molecule is Cc1cc(=O)c(C(=O)Nc2ccc(Br)cn2)nn1-c1cccc(C(F)(F)F)c1. The average Bonchev–Trinajstić information content (AvgIpc) is 2.63. The molecule has 1 amide bonds. The van der Waals surface area contributed by atoms with E-state index in [1.54, 1.807) is 6.07 Å². The summed E-state index contributed by atoms with van der Waals surface area (Å²) in [5.41, 5.74) is -1.64. The number of aromatic nitrogens is 3. The van der Waals surface area contributed by atoms with Gasteiger partial charge in [0.15, 0.2) is 5.69 Å². The van der Waals surface area contributed by atoms with Crippen molar-refractivity contribution in [1.29, 1.82) is 0 Å². The fourth-order valence-electron chi connectivity index (χ4n) is 2.41. The lowest BCUT2D eigenvalue weighted by Gasteiger charge is -2.13. The number of halogens is 4. The van der Waals surface area contributed by atoms with Crippen molar-refractivity contribution >= 4 is 27.7 Å². The van der Waals surface area contributed by atoms with Crippen LogP contribution < -0.4 is 10.7 Å². The molecule has 0 aliphatic rings. The van der Waals surface area contributed by atoms with E-state index in [0.29, 0.717) is 4.47 Å². The molecule has 0 aliphatic carbocycles. The quantitative estimate of drug-likeness (QED) is 0.652. The molecule has 0 saturated heterocycles. The third-order valence-corrected chi connectivity index (χ3v) is 4.18. The summed E-state index contributed by atoms with van der Waals surface area (Å²) in [6.45, 7) is 1.51. The highest BCUT2D eigenvalue weighted by atomic mass is 79.9. The number of carbonyl (C=O) groups excluding carboxylic acids is 1. The van der Waals surface area contributed by atoms with Gasteiger partial charge in [0.25, 0.3) is 5.91 Å². The number of hydrogen-bond donors (Lipinski definition) is 1. The number of hydrogen-bond acceptors (Lipinski definition) is 4. The molecule has 1 aromatic carbocycles. The molecule has 2 heterocycles. The van der Waals surface area contributed by atoms with Gasteiger partial charge in [-0.05, 0) is 53.2 Å². The molecule has 3 rings (SSSR count). The highest BCUT2D eigenvalue weighted by molar-refractivity contribution is 9.10. The molecule has 1 N–H and O–H groups in total. The van der Waals surface area contributed by atoms with E-state index >= 15 is 0 Å². The van der Waals surface area contributed by atoms with Crippen molar-refractivity contribution in [2.45, 2.75) is 13.1 Å². The van der Waals surface area contributed by atoms with Gasteiger partial charge in [0.2, 0.25) is 5.43 Å². The number of carbonyl (C=O) groups is 1. The topological polar surface area (TPSA) is 76.9 Å². The van der Waals surface area contributed by atoms with E-state index in [4.69, 9.17) is 0 Å². The summed E-state index contributed by atoms with van der Waals surface area (Å²) in [6.07, 6.45) is -3.07. The second-order valence-corrected chi connectivity index (χ2v) is 6.69. The first-order valence-corrected chi connectivity index (χ1v) is 8.66. The molecule has 10 heteroatoms. The fraction of sp³-hybridized carbons (Fsp3) is 0.111. The van der Waals surface area contributed by atoms with Gasteiger partial charge in [0.05, 0.1) is 11.3 Å². The molecule has 0 saturated carbocycles. The minimum absolute atomic E-state index is 0.0724. The number of anilines is 1. The molecule has 0 fully saturated rings. The van der Waals surface area contributed by atoms with Crippen LogP contribution in [0.15, 0.2) is 57.9 Å². The third kappa shape index (κ3) is 4.28. The summed E-state index contributed by atoms with van der Waals surface area (Å²) in [4.78, 5) is 28.6. The zero-order valence-corrected chi connectivity index (χ0v) is 15.9. The highest BCUT2D eigenvalue weighted by Gasteiger charge is 2.30. The number of benzene rings is 1. The van der Waals surface area contributed by atoms with Crippen LogP contribution in [0.4, 0.5) is 19.0 Å². The summed E-state index contributed by atoms with van der Waals surface area (Å²) >= 11 is 3.21. The van der Waals surface area contributed by atoms with Crippen LogP contribution in [-0.2, 0) is 6.18 Å². The summed E-state index contributed by atoms with van der Waals surface area (Å²) in [5.74, 6) is -0.624. The minimum atomic E-state index is -4.53. The summed E-state index contributed by atoms with van der Waals surface area (Å²) in [7, 11) is 0. The molecule has 0 unspecified atom stereocenters. The lowest BCUT2D eigenvalue weighted by Crippen LogP contribution is -2.27. The number of amides is 1. The van der Waals surface area contributed by atoms with Gasteiger partial charge >= 0.3 is 6.18 Å². The average molecular weight is 453 g/mol. The van der Waals surface area contributed by atoms with Crippen LogP contribution in [0.5, 0.6) is 0 Å². The molecule has 3 aromatic rings. The van der Waals surface area contributed by atoms with E-state index in [9.17, 15) is 22.8 Å². The largest absolute Gasteiger partial charge is 0.416 e. The summed E-state index contributed by atoms with van der Waals surface area (Å²) in [6, 6.07) is 8.74. The Labute approximate surface area is 165 Å². The van der Waals surface area contributed by atoms with Gasteiger partial charge in [-0.15, -0.1) is 0 Å². The molecule has 2 aromatic heterocycles. The molecule has 0 atom stereocenters. The lowest BCUT2D eigenvalue weighted by molar-refractivity contribution is -0.137. The Morgan fingerprint density at radius 2 is 1.93 bits per heavy atom. The van der Waals surface area contributed by atoms with E-state index in [2.05, 4.69) is 31.3 Å². The minimum Gasteiger partial charge on any atom is -0.305 e. The van der Waals surface area contributed by atoms with Gasteiger partial charge in [-0.1, -0.05) is 6.07 Å². The van der Waals surface area contributed by atoms with E-state index < -0.39 is 28.8 Å². The Hall–Kier alpha value is -3.01. The maximum absolute atomic E-state index is 13.0. The summed E-state index contributed by atoms with van der Waals surface area (Å²) in [5, 5.41) is 6.40. The van der Waals surface area contributed by atoms with Gasteiger partial charge in [0, 0.05) is 22.4 Å². The number of nitrogens with one attached hydrogen (secondary N) is 1. The van der Waals surface area contributed by atoms with Gasteiger partial charge in [0.1, 0.15) is 5.82 Å². The monoisotopic (exact) mass is 452 g/mol. The zero-order chi connectivity index (χ0) is 20.5. The van der Waals surface area contributed by atoms with E-state index in [0.717, 1.165) is 22.9 Å². The Kier molecular flexibility index (Phi) is 5.32. The standard InChI is InChI=1S/C18H12BrF3N4O2/c1-10-7-14(27)16(17(28)24-15-6-5-12(19)9-23-15)25-26(10)13-4-2-3-11(8-13)18(20,21)22/h2-9H,1H3,(H,23,24,28). The first-order valence-electron chi connectivity index (χ1n) is 7.86. The van der Waals surface area contributed by atoms with Crippen molar-refractivity contribution in [3.8, 4) is 5.69 Å². The molecule has 6 nitrogen and oxygen atoms in total. The first-order chi connectivity index (χ1) is 13.1. The molecule has 0 spiro atoms. The van der Waals surface area contributed by atoms with Crippen LogP contribution in [-0.4, -0.2) is 20.7 Å². The van der Waals surface area contributed by atoms with Crippen molar-refractivity contribution in [3.63, 3.8) is 0 Å². The molecule has 144 valence electrons. The molecule has 0 aliphatic heterocycles. The lowest BCUT2D eigenvalue weighted by atomic mass is 10.2. The van der Waals surface area contributed by atoms with Crippen LogP contribution in [0.25, 0.3) is 5.69 Å². The van der Waals surface area contributed by atoms with Crippen LogP contribution in [0.1, 0.15) is 21.7 Å². The Balaban J connectivity index is 2.00. The normalized spacial score (nSPS) is 11.3. The Bertz CT molecular complexity index is 1100. The maximum atomic E-state index is 13.0. The predicted molar refractivity (Wildman–Crippen MR) is 99.5 cm³/mol.